The molecule has 3 aliphatic heterocycles. The SMILES string of the molecule is C1=CC2=c3cc4c(cc3=CN3CCCC(=C1)C23)OCO4. The summed E-state index contributed by atoms with van der Waals surface area (Å²) in [5, 5.41) is 2.53. The molecule has 100 valence electrons. The molecule has 1 aliphatic carbocycles. The van der Waals surface area contributed by atoms with E-state index in [1.807, 2.05) is 0 Å². The summed E-state index contributed by atoms with van der Waals surface area (Å²) in [5.74, 6) is 1.74. The molecule has 1 saturated heterocycles. The maximum atomic E-state index is 5.54. The Kier molecular flexibility index (Phi) is 1.96. The van der Waals surface area contributed by atoms with Gasteiger partial charge in [-0.3, -0.25) is 0 Å². The molecule has 0 saturated carbocycles. The summed E-state index contributed by atoms with van der Waals surface area (Å²) in [7, 11) is 0. The number of allylic oxidation sites excluding steroid dienone is 2. The molecule has 0 spiro atoms. The largest absolute Gasteiger partial charge is 0.454 e. The van der Waals surface area contributed by atoms with Gasteiger partial charge in [-0.25, -0.2) is 0 Å². The normalized spacial score (nSPS) is 24.8. The first-order valence-corrected chi connectivity index (χ1v) is 7.19. The van der Waals surface area contributed by atoms with E-state index in [0.717, 1.165) is 18.0 Å². The highest BCUT2D eigenvalue weighted by Gasteiger charge is 2.31. The van der Waals surface area contributed by atoms with Crippen LogP contribution in [0.5, 0.6) is 11.5 Å². The third-order valence-electron chi connectivity index (χ3n) is 4.61. The number of benzene rings is 1. The lowest BCUT2D eigenvalue weighted by atomic mass is 9.83. The van der Waals surface area contributed by atoms with Gasteiger partial charge in [-0.15, -0.1) is 0 Å². The van der Waals surface area contributed by atoms with Crippen LogP contribution in [0.1, 0.15) is 12.8 Å². The molecule has 5 rings (SSSR count). The number of rotatable bonds is 0. The van der Waals surface area contributed by atoms with E-state index in [1.54, 1.807) is 0 Å². The van der Waals surface area contributed by atoms with E-state index < -0.39 is 0 Å². The summed E-state index contributed by atoms with van der Waals surface area (Å²) in [4.78, 5) is 2.47. The van der Waals surface area contributed by atoms with Crippen LogP contribution in [0, 0.1) is 0 Å². The highest BCUT2D eigenvalue weighted by molar-refractivity contribution is 5.72. The van der Waals surface area contributed by atoms with Gasteiger partial charge in [-0.1, -0.05) is 18.2 Å². The van der Waals surface area contributed by atoms with Crippen molar-refractivity contribution in [3.8, 4) is 11.5 Å². The molecule has 0 N–H and O–H groups in total. The van der Waals surface area contributed by atoms with Crippen molar-refractivity contribution in [2.45, 2.75) is 18.9 Å². The van der Waals surface area contributed by atoms with E-state index in [-0.39, 0.29) is 0 Å². The molecule has 1 fully saturated rings. The average molecular weight is 265 g/mol. The van der Waals surface area contributed by atoms with Gasteiger partial charge in [0.05, 0.1) is 6.04 Å². The lowest BCUT2D eigenvalue weighted by molar-refractivity contribution is 0.174. The van der Waals surface area contributed by atoms with Gasteiger partial charge in [0.1, 0.15) is 0 Å². The van der Waals surface area contributed by atoms with Crippen molar-refractivity contribution < 1.29 is 9.47 Å². The third kappa shape index (κ3) is 1.30. The second-order valence-corrected chi connectivity index (χ2v) is 5.72. The first-order chi connectivity index (χ1) is 9.90. The molecule has 1 aromatic rings. The molecule has 3 heteroatoms. The Morgan fingerprint density at radius 1 is 1.15 bits per heavy atom. The second kappa shape index (κ2) is 3.69. The van der Waals surface area contributed by atoms with Crippen LogP contribution in [0.4, 0.5) is 0 Å². The van der Waals surface area contributed by atoms with Crippen LogP contribution < -0.4 is 19.9 Å². The summed E-state index contributed by atoms with van der Waals surface area (Å²) in [5.41, 5.74) is 2.94. The first kappa shape index (κ1) is 10.6. The fourth-order valence-corrected chi connectivity index (χ4v) is 3.73. The topological polar surface area (TPSA) is 21.7 Å². The summed E-state index contributed by atoms with van der Waals surface area (Å²) < 4.78 is 11.0. The molecule has 3 heterocycles. The van der Waals surface area contributed by atoms with Gasteiger partial charge in [0.15, 0.2) is 11.5 Å². The molecule has 1 unspecified atom stereocenters. The quantitative estimate of drug-likeness (QED) is 0.705. The molecule has 4 aliphatic rings. The zero-order valence-corrected chi connectivity index (χ0v) is 11.1. The molecular weight excluding hydrogens is 250 g/mol. The Morgan fingerprint density at radius 3 is 3.00 bits per heavy atom. The minimum absolute atomic E-state index is 0.335. The fraction of sp³-hybridized carbons (Fsp3) is 0.294. The van der Waals surface area contributed by atoms with Gasteiger partial charge in [0.25, 0.3) is 0 Å². The van der Waals surface area contributed by atoms with Gasteiger partial charge in [-0.05, 0) is 41.3 Å². The Bertz CT molecular complexity index is 788. The molecular formula is C17H15NO2. The van der Waals surface area contributed by atoms with E-state index in [0.29, 0.717) is 12.8 Å². The standard InChI is InChI=1S/C17H15NO2/c1-3-11-4-2-6-18-9-12-7-15-16(20-10-19-15)8-14(12)13(5-1)17(11)18/h1,3,5,7-9,17H,2,4,6,10H2. The van der Waals surface area contributed by atoms with Crippen LogP contribution in [-0.4, -0.2) is 24.3 Å². The number of hydrogen-bond donors (Lipinski definition) is 0. The van der Waals surface area contributed by atoms with Crippen molar-refractivity contribution in [1.82, 2.24) is 4.90 Å². The maximum absolute atomic E-state index is 5.54. The van der Waals surface area contributed by atoms with Crippen molar-refractivity contribution in [2.24, 2.45) is 0 Å². The Morgan fingerprint density at radius 2 is 2.05 bits per heavy atom. The Balaban J connectivity index is 1.85. The molecule has 0 radical (unpaired) electrons. The summed E-state index contributed by atoms with van der Waals surface area (Å²) in [6.45, 7) is 1.47. The van der Waals surface area contributed by atoms with E-state index >= 15 is 0 Å². The van der Waals surface area contributed by atoms with Crippen molar-refractivity contribution >= 4 is 11.8 Å². The Labute approximate surface area is 117 Å². The van der Waals surface area contributed by atoms with Gasteiger partial charge in [0.2, 0.25) is 6.79 Å². The smallest absolute Gasteiger partial charge is 0.231 e. The van der Waals surface area contributed by atoms with Gasteiger partial charge >= 0.3 is 0 Å². The van der Waals surface area contributed by atoms with E-state index in [2.05, 4.69) is 41.5 Å². The number of nitrogens with zero attached hydrogens (tertiary/aromatic N) is 1. The monoisotopic (exact) mass is 265 g/mol. The van der Waals surface area contributed by atoms with Gasteiger partial charge < -0.3 is 14.4 Å². The molecule has 20 heavy (non-hydrogen) atoms. The van der Waals surface area contributed by atoms with Crippen LogP contribution in [0.3, 0.4) is 0 Å². The average Bonchev–Trinajstić information content (AvgIpc) is 2.93. The fourth-order valence-electron chi connectivity index (χ4n) is 3.73. The lowest BCUT2D eigenvalue weighted by Gasteiger charge is -2.41. The number of piperidine rings is 1. The summed E-state index contributed by atoms with van der Waals surface area (Å²) in [6.07, 6.45) is 11.5. The van der Waals surface area contributed by atoms with Crippen LogP contribution in [-0.2, 0) is 0 Å². The maximum Gasteiger partial charge on any atom is 0.231 e. The van der Waals surface area contributed by atoms with E-state index in [4.69, 9.17) is 9.47 Å². The van der Waals surface area contributed by atoms with Crippen molar-refractivity contribution in [3.63, 3.8) is 0 Å². The lowest BCUT2D eigenvalue weighted by Crippen LogP contribution is -2.48. The van der Waals surface area contributed by atoms with Crippen molar-refractivity contribution in [1.29, 1.82) is 0 Å². The van der Waals surface area contributed by atoms with Crippen LogP contribution in [0.25, 0.3) is 11.8 Å². The van der Waals surface area contributed by atoms with E-state index in [1.165, 1.54) is 34.4 Å². The van der Waals surface area contributed by atoms with Crippen LogP contribution in [0.2, 0.25) is 0 Å². The molecule has 0 amide bonds. The molecule has 1 atom stereocenters. The molecule has 3 nitrogen and oxygen atoms in total. The Hall–Kier alpha value is -2.16. The zero-order chi connectivity index (χ0) is 13.1. The van der Waals surface area contributed by atoms with Crippen molar-refractivity contribution in [3.05, 3.63) is 46.4 Å². The zero-order valence-electron chi connectivity index (χ0n) is 11.1. The molecule has 0 aromatic heterocycles. The van der Waals surface area contributed by atoms with Crippen LogP contribution >= 0.6 is 0 Å². The highest BCUT2D eigenvalue weighted by atomic mass is 16.7. The number of fused-ring (bicyclic) bond motifs is 2. The predicted molar refractivity (Wildman–Crippen MR) is 76.6 cm³/mol. The minimum atomic E-state index is 0.335. The third-order valence-corrected chi connectivity index (χ3v) is 4.61. The molecule has 1 aromatic carbocycles. The second-order valence-electron chi connectivity index (χ2n) is 5.72. The van der Waals surface area contributed by atoms with Crippen molar-refractivity contribution in [2.75, 3.05) is 13.3 Å². The minimum Gasteiger partial charge on any atom is -0.454 e. The predicted octanol–water partition coefficient (Wildman–Crippen LogP) is 1.28. The van der Waals surface area contributed by atoms with Crippen LogP contribution in [0.15, 0.2) is 35.9 Å². The summed E-state index contributed by atoms with van der Waals surface area (Å²) in [6, 6.07) is 4.69. The number of hydrogen-bond acceptors (Lipinski definition) is 3. The van der Waals surface area contributed by atoms with Gasteiger partial charge in [-0.2, -0.15) is 0 Å². The van der Waals surface area contributed by atoms with E-state index in [9.17, 15) is 0 Å². The van der Waals surface area contributed by atoms with Gasteiger partial charge in [0, 0.05) is 18.0 Å². The summed E-state index contributed by atoms with van der Waals surface area (Å²) >= 11 is 0. The number of ether oxygens (including phenoxy) is 2. The first-order valence-electron chi connectivity index (χ1n) is 7.19. The highest BCUT2D eigenvalue weighted by Crippen LogP contribution is 2.34. The molecule has 0 bridgehead atoms.